The molecule has 0 bridgehead atoms. The number of benzene rings is 1. The molecule has 1 atom stereocenters. The zero-order valence-corrected chi connectivity index (χ0v) is 9.89. The van der Waals surface area contributed by atoms with Gasteiger partial charge in [-0.1, -0.05) is 0 Å². The third kappa shape index (κ3) is 3.16. The first kappa shape index (κ1) is 12.8. The molecule has 0 amide bonds. The maximum absolute atomic E-state index is 13.4. The molecule has 1 aliphatic rings. The molecule has 18 heavy (non-hydrogen) atoms. The van der Waals surface area contributed by atoms with E-state index in [0.29, 0.717) is 12.3 Å². The van der Waals surface area contributed by atoms with E-state index >= 15 is 0 Å². The molecule has 0 spiro atoms. The Bertz CT molecular complexity index is 431. The van der Waals surface area contributed by atoms with Crippen LogP contribution in [0.1, 0.15) is 19.3 Å². The molecule has 1 N–H and O–H groups in total. The van der Waals surface area contributed by atoms with Gasteiger partial charge in [0.05, 0.1) is 4.92 Å². The molecule has 1 heterocycles. The van der Waals surface area contributed by atoms with Crippen molar-refractivity contribution in [1.82, 2.24) is 0 Å². The second kappa shape index (κ2) is 5.77. The lowest BCUT2D eigenvalue weighted by molar-refractivity contribution is -0.387. The zero-order valence-electron chi connectivity index (χ0n) is 9.89. The van der Waals surface area contributed by atoms with Gasteiger partial charge in [0.1, 0.15) is 0 Å². The van der Waals surface area contributed by atoms with E-state index in [0.717, 1.165) is 25.9 Å². The average molecular weight is 254 g/mol. The summed E-state index contributed by atoms with van der Waals surface area (Å²) in [5.41, 5.74) is 0.0785. The van der Waals surface area contributed by atoms with Gasteiger partial charge in [0.15, 0.2) is 0 Å². The van der Waals surface area contributed by atoms with Crippen molar-refractivity contribution in [3.8, 4) is 0 Å². The second-order valence-corrected chi connectivity index (χ2v) is 4.31. The largest absolute Gasteiger partial charge is 0.382 e. The van der Waals surface area contributed by atoms with Crippen LogP contribution >= 0.6 is 0 Å². The summed E-state index contributed by atoms with van der Waals surface area (Å²) in [5, 5.41) is 13.7. The summed E-state index contributed by atoms with van der Waals surface area (Å²) in [4.78, 5) is 9.77. The van der Waals surface area contributed by atoms with Gasteiger partial charge in [0.25, 0.3) is 0 Å². The topological polar surface area (TPSA) is 64.4 Å². The van der Waals surface area contributed by atoms with Crippen molar-refractivity contribution in [3.05, 3.63) is 34.1 Å². The Hall–Kier alpha value is -1.69. The van der Waals surface area contributed by atoms with Gasteiger partial charge < -0.3 is 10.1 Å². The number of nitro groups is 1. The number of nitrogens with one attached hydrogen (secondary N) is 1. The van der Waals surface area contributed by atoms with Crippen LogP contribution in [-0.2, 0) is 4.74 Å². The Balaban J connectivity index is 2.05. The first-order chi connectivity index (χ1) is 8.66. The summed E-state index contributed by atoms with van der Waals surface area (Å²) in [6.45, 7) is 1.44. The minimum atomic E-state index is -0.810. The van der Waals surface area contributed by atoms with Crippen LogP contribution in [0.5, 0.6) is 0 Å². The third-order valence-electron chi connectivity index (χ3n) is 2.97. The Morgan fingerprint density at radius 2 is 2.22 bits per heavy atom. The lowest BCUT2D eigenvalue weighted by Crippen LogP contribution is -2.19. The summed E-state index contributed by atoms with van der Waals surface area (Å²) in [7, 11) is 0. The van der Waals surface area contributed by atoms with E-state index in [4.69, 9.17) is 4.74 Å². The maximum atomic E-state index is 13.4. The van der Waals surface area contributed by atoms with E-state index in [1.165, 1.54) is 18.2 Å². The van der Waals surface area contributed by atoms with Gasteiger partial charge >= 0.3 is 5.69 Å². The van der Waals surface area contributed by atoms with Gasteiger partial charge in [-0.2, -0.15) is 4.39 Å². The van der Waals surface area contributed by atoms with Gasteiger partial charge in [-0.15, -0.1) is 0 Å². The van der Waals surface area contributed by atoms with Crippen molar-refractivity contribution < 1.29 is 14.1 Å². The first-order valence-electron chi connectivity index (χ1n) is 5.95. The molecular weight excluding hydrogens is 239 g/mol. The van der Waals surface area contributed by atoms with E-state index in [9.17, 15) is 14.5 Å². The average Bonchev–Trinajstić information content (AvgIpc) is 2.57. The minimum Gasteiger partial charge on any atom is -0.382 e. The molecule has 1 saturated heterocycles. The summed E-state index contributed by atoms with van der Waals surface area (Å²) in [6.07, 6.45) is 2.78. The van der Waals surface area contributed by atoms with Gasteiger partial charge in [-0.3, -0.25) is 10.1 Å². The molecule has 0 aliphatic carbocycles. The lowest BCUT2D eigenvalue weighted by Gasteiger charge is -2.16. The molecule has 1 aromatic rings. The number of halogens is 1. The van der Waals surface area contributed by atoms with E-state index < -0.39 is 16.4 Å². The molecule has 1 fully saturated rings. The SMILES string of the molecule is O=[N+]([O-])c1ccc(NC2CCCOCC2)cc1F. The monoisotopic (exact) mass is 254 g/mol. The van der Waals surface area contributed by atoms with Gasteiger partial charge in [0, 0.05) is 37.1 Å². The number of ether oxygens (including phenoxy) is 1. The molecule has 1 aliphatic heterocycles. The third-order valence-corrected chi connectivity index (χ3v) is 2.97. The number of hydrogen-bond donors (Lipinski definition) is 1. The van der Waals surface area contributed by atoms with E-state index in [1.54, 1.807) is 0 Å². The predicted octanol–water partition coefficient (Wildman–Crippen LogP) is 2.71. The van der Waals surface area contributed by atoms with Crippen LogP contribution in [0.3, 0.4) is 0 Å². The van der Waals surface area contributed by atoms with Crippen LogP contribution in [0.4, 0.5) is 15.8 Å². The molecule has 6 heteroatoms. The summed E-state index contributed by atoms with van der Waals surface area (Å²) >= 11 is 0. The number of nitrogens with zero attached hydrogens (tertiary/aromatic N) is 1. The Kier molecular flexibility index (Phi) is 4.09. The molecule has 98 valence electrons. The fraction of sp³-hybridized carbons (Fsp3) is 0.500. The normalized spacial score (nSPS) is 20.2. The quantitative estimate of drug-likeness (QED) is 0.665. The van der Waals surface area contributed by atoms with Gasteiger partial charge in [0.2, 0.25) is 5.82 Å². The zero-order chi connectivity index (χ0) is 13.0. The van der Waals surface area contributed by atoms with Crippen molar-refractivity contribution in [2.75, 3.05) is 18.5 Å². The number of anilines is 1. The van der Waals surface area contributed by atoms with Crippen molar-refractivity contribution in [3.63, 3.8) is 0 Å². The summed E-state index contributed by atoms with van der Waals surface area (Å²) in [6, 6.07) is 4.12. The van der Waals surface area contributed by atoms with Crippen molar-refractivity contribution in [2.45, 2.75) is 25.3 Å². The number of rotatable bonds is 3. The second-order valence-electron chi connectivity index (χ2n) is 4.31. The maximum Gasteiger partial charge on any atom is 0.304 e. The Labute approximate surface area is 104 Å². The van der Waals surface area contributed by atoms with Crippen LogP contribution < -0.4 is 5.32 Å². The molecule has 0 aromatic heterocycles. The van der Waals surface area contributed by atoms with Crippen molar-refractivity contribution in [1.29, 1.82) is 0 Å². The number of hydrogen-bond acceptors (Lipinski definition) is 4. The van der Waals surface area contributed by atoms with Crippen LogP contribution in [0.15, 0.2) is 18.2 Å². The van der Waals surface area contributed by atoms with Crippen LogP contribution in [-0.4, -0.2) is 24.2 Å². The molecule has 2 rings (SSSR count). The van der Waals surface area contributed by atoms with Crippen LogP contribution in [0.2, 0.25) is 0 Å². The van der Waals surface area contributed by atoms with E-state index in [-0.39, 0.29) is 6.04 Å². The van der Waals surface area contributed by atoms with Crippen molar-refractivity contribution >= 4 is 11.4 Å². The highest BCUT2D eigenvalue weighted by molar-refractivity contribution is 5.50. The highest BCUT2D eigenvalue weighted by Gasteiger charge is 2.16. The van der Waals surface area contributed by atoms with E-state index in [2.05, 4.69) is 5.32 Å². The van der Waals surface area contributed by atoms with Gasteiger partial charge in [-0.05, 0) is 25.3 Å². The van der Waals surface area contributed by atoms with Gasteiger partial charge in [-0.25, -0.2) is 0 Å². The highest BCUT2D eigenvalue weighted by Crippen LogP contribution is 2.22. The van der Waals surface area contributed by atoms with Crippen LogP contribution in [0.25, 0.3) is 0 Å². The fourth-order valence-electron chi connectivity index (χ4n) is 2.03. The summed E-state index contributed by atoms with van der Waals surface area (Å²) < 4.78 is 18.8. The molecular formula is C12H15FN2O3. The first-order valence-corrected chi connectivity index (χ1v) is 5.95. The van der Waals surface area contributed by atoms with E-state index in [1.807, 2.05) is 0 Å². The Morgan fingerprint density at radius 3 is 2.94 bits per heavy atom. The standard InChI is InChI=1S/C12H15FN2O3/c13-11-8-10(3-4-12(11)15(16)17)14-9-2-1-6-18-7-5-9/h3-4,8-9,14H,1-2,5-7H2. The number of nitro benzene ring substituents is 1. The molecule has 1 unspecified atom stereocenters. The minimum absolute atomic E-state index is 0.230. The fourth-order valence-corrected chi connectivity index (χ4v) is 2.03. The molecule has 1 aromatic carbocycles. The Morgan fingerprint density at radius 1 is 1.39 bits per heavy atom. The van der Waals surface area contributed by atoms with Crippen LogP contribution in [0, 0.1) is 15.9 Å². The smallest absolute Gasteiger partial charge is 0.304 e. The molecule has 0 saturated carbocycles. The molecule has 5 nitrogen and oxygen atoms in total. The molecule has 0 radical (unpaired) electrons. The predicted molar refractivity (Wildman–Crippen MR) is 65.1 cm³/mol. The lowest BCUT2D eigenvalue weighted by atomic mass is 10.1. The van der Waals surface area contributed by atoms with Crippen molar-refractivity contribution in [2.24, 2.45) is 0 Å². The summed E-state index contributed by atoms with van der Waals surface area (Å²) in [5.74, 6) is -0.810. The highest BCUT2D eigenvalue weighted by atomic mass is 19.1.